The Kier molecular flexibility index (Phi) is 9.57. The van der Waals surface area contributed by atoms with Crippen molar-refractivity contribution in [2.24, 2.45) is 0 Å². The summed E-state index contributed by atoms with van der Waals surface area (Å²) >= 11 is 13.4. The monoisotopic (exact) mass is 589 g/mol. The maximum atomic E-state index is 14.1. The first-order valence-electron chi connectivity index (χ1n) is 12.7. The van der Waals surface area contributed by atoms with Gasteiger partial charge in [0.05, 0.1) is 60.6 Å². The number of aromatic nitrogens is 2. The Morgan fingerprint density at radius 3 is 2.48 bits per heavy atom. The average Bonchev–Trinajstić information content (AvgIpc) is 3.36. The molecule has 1 aliphatic rings. The van der Waals surface area contributed by atoms with Crippen LogP contribution >= 0.6 is 23.2 Å². The number of carbonyl (C=O) groups is 1. The van der Waals surface area contributed by atoms with E-state index in [-0.39, 0.29) is 33.6 Å². The van der Waals surface area contributed by atoms with E-state index < -0.39 is 0 Å². The predicted octanol–water partition coefficient (Wildman–Crippen LogP) is 3.82. The fourth-order valence-electron chi connectivity index (χ4n) is 4.69. The number of anilines is 1. The zero-order chi connectivity index (χ0) is 29.0. The third-order valence-corrected chi connectivity index (χ3v) is 7.49. The summed E-state index contributed by atoms with van der Waals surface area (Å²) in [6.45, 7) is 5.51. The van der Waals surface area contributed by atoms with E-state index in [0.29, 0.717) is 53.7 Å². The standard InChI is InChI=1S/C28H33Cl2N5O5/c1-6-24(36)33-19-15-40-14-18(19)32-23-11-20-16(13-31-23)10-17(28(37)35(20)9-7-8-34(2)3)25-26(29)21(38-4)12-22(39-5)27(25)30/h6,10-13,18-19H,1,7-9,14-15H2,2-5H3,(H,31,32)(H,33,36). The van der Waals surface area contributed by atoms with Gasteiger partial charge in [-0.05, 0) is 39.2 Å². The lowest BCUT2D eigenvalue weighted by Gasteiger charge is -2.21. The van der Waals surface area contributed by atoms with Crippen LogP contribution in [0.3, 0.4) is 0 Å². The van der Waals surface area contributed by atoms with Gasteiger partial charge in [0.1, 0.15) is 17.3 Å². The van der Waals surface area contributed by atoms with Crippen LogP contribution in [0.5, 0.6) is 11.5 Å². The van der Waals surface area contributed by atoms with Crippen molar-refractivity contribution in [3.05, 3.63) is 57.4 Å². The normalized spacial score (nSPS) is 16.8. The molecule has 0 radical (unpaired) electrons. The first-order valence-corrected chi connectivity index (χ1v) is 13.5. The predicted molar refractivity (Wildman–Crippen MR) is 158 cm³/mol. The number of fused-ring (bicyclic) bond motifs is 1. The number of pyridine rings is 2. The van der Waals surface area contributed by atoms with Crippen molar-refractivity contribution in [2.45, 2.75) is 25.0 Å². The number of nitrogens with zero attached hydrogens (tertiary/aromatic N) is 3. The molecular weight excluding hydrogens is 557 g/mol. The molecule has 0 aliphatic carbocycles. The zero-order valence-corrected chi connectivity index (χ0v) is 24.4. The van der Waals surface area contributed by atoms with Gasteiger partial charge in [0.25, 0.3) is 5.56 Å². The van der Waals surface area contributed by atoms with E-state index in [1.54, 1.807) is 22.9 Å². The summed E-state index contributed by atoms with van der Waals surface area (Å²) in [7, 11) is 6.94. The molecule has 2 aromatic heterocycles. The number of hydrogen-bond donors (Lipinski definition) is 2. The Labute approximate surface area is 242 Å². The quantitative estimate of drug-likeness (QED) is 0.325. The number of hydrogen-bond acceptors (Lipinski definition) is 8. The number of ether oxygens (including phenoxy) is 3. The summed E-state index contributed by atoms with van der Waals surface area (Å²) in [5.74, 6) is 0.952. The molecule has 0 saturated carbocycles. The van der Waals surface area contributed by atoms with Gasteiger partial charge in [0, 0.05) is 35.8 Å². The van der Waals surface area contributed by atoms with Crippen LogP contribution in [0, 0.1) is 0 Å². The molecule has 12 heteroatoms. The molecule has 1 saturated heterocycles. The van der Waals surface area contributed by atoms with E-state index in [2.05, 4.69) is 27.1 Å². The minimum atomic E-state index is -0.275. The van der Waals surface area contributed by atoms with Crippen molar-refractivity contribution in [2.75, 3.05) is 53.4 Å². The third kappa shape index (κ3) is 6.20. The lowest BCUT2D eigenvalue weighted by molar-refractivity contribution is -0.117. The molecule has 1 aliphatic heterocycles. The number of carbonyl (C=O) groups excluding carboxylic acids is 1. The Morgan fingerprint density at radius 2 is 1.85 bits per heavy atom. The van der Waals surface area contributed by atoms with E-state index in [9.17, 15) is 9.59 Å². The molecule has 10 nitrogen and oxygen atoms in total. The largest absolute Gasteiger partial charge is 0.495 e. The summed E-state index contributed by atoms with van der Waals surface area (Å²) in [5, 5.41) is 7.36. The van der Waals surface area contributed by atoms with Crippen molar-refractivity contribution in [1.29, 1.82) is 0 Å². The molecule has 3 heterocycles. The van der Waals surface area contributed by atoms with Gasteiger partial charge in [-0.1, -0.05) is 29.8 Å². The van der Waals surface area contributed by atoms with Crippen LogP contribution in [0.1, 0.15) is 6.42 Å². The van der Waals surface area contributed by atoms with Crippen LogP contribution < -0.4 is 25.7 Å². The first kappa shape index (κ1) is 29.7. The fraction of sp³-hybridized carbons (Fsp3) is 0.393. The zero-order valence-electron chi connectivity index (χ0n) is 22.9. The summed E-state index contributed by atoms with van der Waals surface area (Å²) in [6.07, 6.45) is 3.64. The SMILES string of the molecule is C=CC(=O)NC1COCC1Nc1cc2c(cn1)cc(-c1c(Cl)c(OC)cc(OC)c1Cl)c(=O)n2CCCN(C)C. The molecule has 2 unspecified atom stereocenters. The van der Waals surface area contributed by atoms with Crippen molar-refractivity contribution in [1.82, 2.24) is 19.8 Å². The molecule has 3 aromatic rings. The highest BCUT2D eigenvalue weighted by Gasteiger charge is 2.29. The van der Waals surface area contributed by atoms with E-state index >= 15 is 0 Å². The Morgan fingerprint density at radius 1 is 1.18 bits per heavy atom. The van der Waals surface area contributed by atoms with Gasteiger partial charge in [-0.25, -0.2) is 4.98 Å². The highest BCUT2D eigenvalue weighted by Crippen LogP contribution is 2.45. The van der Waals surface area contributed by atoms with Gasteiger partial charge in [-0.15, -0.1) is 0 Å². The number of rotatable bonds is 11. The van der Waals surface area contributed by atoms with E-state index in [1.807, 2.05) is 20.2 Å². The topological polar surface area (TPSA) is 107 Å². The number of nitrogens with one attached hydrogen (secondary N) is 2. The smallest absolute Gasteiger partial charge is 0.259 e. The first-order chi connectivity index (χ1) is 19.2. The van der Waals surface area contributed by atoms with Crippen molar-refractivity contribution in [3.63, 3.8) is 0 Å². The molecular formula is C28H33Cl2N5O5. The molecule has 4 rings (SSSR count). The Bertz CT molecular complexity index is 1450. The molecule has 2 N–H and O–H groups in total. The van der Waals surface area contributed by atoms with E-state index in [1.165, 1.54) is 20.3 Å². The highest BCUT2D eigenvalue weighted by atomic mass is 35.5. The van der Waals surface area contributed by atoms with Gasteiger partial charge in [-0.3, -0.25) is 9.59 Å². The minimum Gasteiger partial charge on any atom is -0.495 e. The summed E-state index contributed by atoms with van der Waals surface area (Å²) in [4.78, 5) is 32.6. The maximum absolute atomic E-state index is 14.1. The van der Waals surface area contributed by atoms with Gasteiger partial charge >= 0.3 is 0 Å². The lowest BCUT2D eigenvalue weighted by atomic mass is 10.0. The number of halogens is 2. The molecule has 1 aromatic carbocycles. The fourth-order valence-corrected chi connectivity index (χ4v) is 5.39. The third-order valence-electron chi connectivity index (χ3n) is 6.74. The summed E-state index contributed by atoms with van der Waals surface area (Å²) < 4.78 is 18.1. The number of benzene rings is 1. The van der Waals surface area contributed by atoms with Crippen LogP contribution in [-0.2, 0) is 16.1 Å². The van der Waals surface area contributed by atoms with Crippen molar-refractivity contribution >= 4 is 45.8 Å². The van der Waals surface area contributed by atoms with Crippen LogP contribution in [0.2, 0.25) is 10.0 Å². The molecule has 1 amide bonds. The highest BCUT2D eigenvalue weighted by molar-refractivity contribution is 6.41. The average molecular weight is 591 g/mol. The molecule has 0 spiro atoms. The van der Waals surface area contributed by atoms with Gasteiger partial charge in [0.2, 0.25) is 5.91 Å². The van der Waals surface area contributed by atoms with Crippen LogP contribution in [0.4, 0.5) is 5.82 Å². The maximum Gasteiger partial charge on any atom is 0.259 e. The van der Waals surface area contributed by atoms with E-state index in [4.69, 9.17) is 37.4 Å². The number of aryl methyl sites for hydroxylation is 1. The Balaban J connectivity index is 1.82. The number of methoxy groups -OCH3 is 2. The second-order valence-electron chi connectivity index (χ2n) is 9.69. The molecule has 1 fully saturated rings. The van der Waals surface area contributed by atoms with Gasteiger partial charge < -0.3 is 34.3 Å². The Hall–Kier alpha value is -3.31. The summed E-state index contributed by atoms with van der Waals surface area (Å²) in [6, 6.07) is 4.69. The van der Waals surface area contributed by atoms with Gasteiger partial charge in [-0.2, -0.15) is 0 Å². The van der Waals surface area contributed by atoms with Crippen molar-refractivity contribution in [3.8, 4) is 22.6 Å². The molecule has 0 bridgehead atoms. The molecule has 40 heavy (non-hydrogen) atoms. The van der Waals surface area contributed by atoms with Crippen LogP contribution in [0.15, 0.2) is 41.8 Å². The van der Waals surface area contributed by atoms with Gasteiger partial charge in [0.15, 0.2) is 0 Å². The second-order valence-corrected chi connectivity index (χ2v) is 10.4. The summed E-state index contributed by atoms with van der Waals surface area (Å²) in [5.41, 5.74) is 1.07. The van der Waals surface area contributed by atoms with Crippen LogP contribution in [0.25, 0.3) is 22.0 Å². The molecule has 214 valence electrons. The minimum absolute atomic E-state index is 0.205. The van der Waals surface area contributed by atoms with Crippen LogP contribution in [-0.4, -0.2) is 80.5 Å². The van der Waals surface area contributed by atoms with E-state index in [0.717, 1.165) is 18.4 Å². The molecule has 2 atom stereocenters. The number of amides is 1. The second kappa shape index (κ2) is 12.9. The lowest BCUT2D eigenvalue weighted by Crippen LogP contribution is -2.45. The van der Waals surface area contributed by atoms with Crippen molar-refractivity contribution < 1.29 is 19.0 Å².